The minimum atomic E-state index is -0.417. The lowest BCUT2D eigenvalue weighted by Gasteiger charge is -2.10. The first-order chi connectivity index (χ1) is 13.5. The normalized spacial score (nSPS) is 12.5. The van der Waals surface area contributed by atoms with E-state index >= 15 is 0 Å². The fourth-order valence-electron chi connectivity index (χ4n) is 3.33. The van der Waals surface area contributed by atoms with Crippen LogP contribution in [0.5, 0.6) is 5.75 Å². The Morgan fingerprint density at radius 2 is 2.21 bits per heavy atom. The van der Waals surface area contributed by atoms with Crippen molar-refractivity contribution < 1.29 is 14.3 Å². The standard InChI is InChI=1S/C20H19N5O3/c1-12(2)25-18(14(9-21)10-22-25)16-11-24-6-7-28-17-8-13(20(26)27-3)4-5-15(17)19(24)23-16/h4-5,8,10-12H,6-7H2,1-3H3. The molecular weight excluding hydrogens is 358 g/mol. The minimum Gasteiger partial charge on any atom is -0.491 e. The van der Waals surface area contributed by atoms with Crippen molar-refractivity contribution in [3.63, 3.8) is 0 Å². The molecule has 1 aromatic carbocycles. The van der Waals surface area contributed by atoms with Crippen molar-refractivity contribution in [1.29, 1.82) is 5.26 Å². The summed E-state index contributed by atoms with van der Waals surface area (Å²) in [7, 11) is 1.35. The summed E-state index contributed by atoms with van der Waals surface area (Å²) in [5.41, 5.74) is 3.07. The highest BCUT2D eigenvalue weighted by atomic mass is 16.5. The average Bonchev–Trinajstić information content (AvgIpc) is 3.27. The zero-order valence-electron chi connectivity index (χ0n) is 15.8. The Morgan fingerprint density at radius 1 is 1.39 bits per heavy atom. The summed E-state index contributed by atoms with van der Waals surface area (Å²) in [6, 6.07) is 7.46. The first-order valence-electron chi connectivity index (χ1n) is 8.94. The Labute approximate surface area is 161 Å². The van der Waals surface area contributed by atoms with Crippen LogP contribution in [0.25, 0.3) is 22.8 Å². The molecule has 1 aliphatic rings. The van der Waals surface area contributed by atoms with Gasteiger partial charge in [0.05, 0.1) is 36.5 Å². The molecule has 8 heteroatoms. The number of ether oxygens (including phenoxy) is 2. The second kappa shape index (κ2) is 6.85. The SMILES string of the molecule is COC(=O)c1ccc2c(c1)OCCn1cc(-c3c(C#N)cnn3C(C)C)nc1-2. The zero-order valence-corrected chi connectivity index (χ0v) is 15.8. The lowest BCUT2D eigenvalue weighted by molar-refractivity contribution is 0.0600. The molecule has 0 saturated carbocycles. The Hall–Kier alpha value is -3.60. The summed E-state index contributed by atoms with van der Waals surface area (Å²) in [6.07, 6.45) is 3.48. The lowest BCUT2D eigenvalue weighted by atomic mass is 10.1. The number of hydrogen-bond donors (Lipinski definition) is 0. The van der Waals surface area contributed by atoms with Crippen LogP contribution in [0.3, 0.4) is 0 Å². The summed E-state index contributed by atoms with van der Waals surface area (Å²) >= 11 is 0. The van der Waals surface area contributed by atoms with E-state index in [0.29, 0.717) is 41.4 Å². The van der Waals surface area contributed by atoms with Crippen LogP contribution in [-0.2, 0) is 11.3 Å². The van der Waals surface area contributed by atoms with Gasteiger partial charge in [0.2, 0.25) is 0 Å². The van der Waals surface area contributed by atoms with Crippen molar-refractivity contribution in [3.05, 3.63) is 41.7 Å². The van der Waals surface area contributed by atoms with Gasteiger partial charge in [0.25, 0.3) is 0 Å². The fraction of sp³-hybridized carbons (Fsp3) is 0.300. The van der Waals surface area contributed by atoms with Crippen LogP contribution in [0.2, 0.25) is 0 Å². The number of carbonyl (C=O) groups is 1. The van der Waals surface area contributed by atoms with E-state index in [0.717, 1.165) is 11.4 Å². The molecule has 0 aliphatic carbocycles. The van der Waals surface area contributed by atoms with Crippen LogP contribution in [0, 0.1) is 11.3 Å². The van der Waals surface area contributed by atoms with E-state index in [4.69, 9.17) is 14.5 Å². The topological polar surface area (TPSA) is 95.0 Å². The van der Waals surface area contributed by atoms with Gasteiger partial charge in [-0.25, -0.2) is 9.78 Å². The molecule has 0 unspecified atom stereocenters. The zero-order chi connectivity index (χ0) is 19.8. The van der Waals surface area contributed by atoms with E-state index in [1.165, 1.54) is 7.11 Å². The van der Waals surface area contributed by atoms with Gasteiger partial charge < -0.3 is 14.0 Å². The Kier molecular flexibility index (Phi) is 4.35. The van der Waals surface area contributed by atoms with E-state index < -0.39 is 5.97 Å². The summed E-state index contributed by atoms with van der Waals surface area (Å²) in [6.45, 7) is 5.06. The van der Waals surface area contributed by atoms with Crippen LogP contribution < -0.4 is 4.74 Å². The maximum Gasteiger partial charge on any atom is 0.337 e. The highest BCUT2D eigenvalue weighted by molar-refractivity contribution is 5.91. The van der Waals surface area contributed by atoms with Crippen molar-refractivity contribution in [2.24, 2.45) is 0 Å². The molecule has 4 rings (SSSR count). The van der Waals surface area contributed by atoms with Crippen LogP contribution in [0.15, 0.2) is 30.6 Å². The van der Waals surface area contributed by atoms with Gasteiger partial charge in [-0.3, -0.25) is 4.68 Å². The third kappa shape index (κ3) is 2.81. The number of imidazole rings is 1. The van der Waals surface area contributed by atoms with E-state index in [-0.39, 0.29) is 6.04 Å². The van der Waals surface area contributed by atoms with Crippen molar-refractivity contribution in [3.8, 4) is 34.6 Å². The Bertz CT molecular complexity index is 1100. The molecular formula is C20H19N5O3. The third-order valence-corrected chi connectivity index (χ3v) is 4.66. The van der Waals surface area contributed by atoms with Crippen LogP contribution in [0.1, 0.15) is 35.8 Å². The number of rotatable bonds is 3. The summed E-state index contributed by atoms with van der Waals surface area (Å²) in [5.74, 6) is 0.884. The van der Waals surface area contributed by atoms with Gasteiger partial charge >= 0.3 is 5.97 Å². The van der Waals surface area contributed by atoms with E-state index in [2.05, 4.69) is 11.2 Å². The Balaban J connectivity index is 1.85. The first kappa shape index (κ1) is 17.8. The molecule has 0 N–H and O–H groups in total. The number of nitrogens with zero attached hydrogens (tertiary/aromatic N) is 5. The third-order valence-electron chi connectivity index (χ3n) is 4.66. The maximum atomic E-state index is 11.8. The molecule has 8 nitrogen and oxygen atoms in total. The largest absolute Gasteiger partial charge is 0.491 e. The molecule has 0 amide bonds. The van der Waals surface area contributed by atoms with Gasteiger partial charge in [0.1, 0.15) is 35.6 Å². The van der Waals surface area contributed by atoms with Crippen molar-refractivity contribution in [1.82, 2.24) is 19.3 Å². The number of methoxy groups -OCH3 is 1. The lowest BCUT2D eigenvalue weighted by Crippen LogP contribution is -2.06. The van der Waals surface area contributed by atoms with Crippen molar-refractivity contribution >= 4 is 5.97 Å². The second-order valence-electron chi connectivity index (χ2n) is 6.75. The highest BCUT2D eigenvalue weighted by Crippen LogP contribution is 2.35. The molecule has 0 bridgehead atoms. The molecule has 0 fully saturated rings. The van der Waals surface area contributed by atoms with Crippen LogP contribution in [-0.4, -0.2) is 39.0 Å². The number of benzene rings is 1. The maximum absolute atomic E-state index is 11.8. The molecule has 142 valence electrons. The van der Waals surface area contributed by atoms with Crippen molar-refractivity contribution in [2.45, 2.75) is 26.4 Å². The Morgan fingerprint density at radius 3 is 2.93 bits per heavy atom. The van der Waals surface area contributed by atoms with Crippen LogP contribution >= 0.6 is 0 Å². The molecule has 2 aromatic heterocycles. The first-order valence-corrected chi connectivity index (χ1v) is 8.94. The van der Waals surface area contributed by atoms with Gasteiger partial charge in [0, 0.05) is 12.2 Å². The molecule has 1 aliphatic heterocycles. The molecule has 0 saturated heterocycles. The van der Waals surface area contributed by atoms with Gasteiger partial charge in [0.15, 0.2) is 0 Å². The monoisotopic (exact) mass is 377 g/mol. The van der Waals surface area contributed by atoms with Gasteiger partial charge in [-0.2, -0.15) is 10.4 Å². The van der Waals surface area contributed by atoms with E-state index in [9.17, 15) is 10.1 Å². The van der Waals surface area contributed by atoms with E-state index in [1.54, 1.807) is 29.1 Å². The molecule has 28 heavy (non-hydrogen) atoms. The number of fused-ring (bicyclic) bond motifs is 3. The van der Waals surface area contributed by atoms with Crippen molar-refractivity contribution in [2.75, 3.05) is 13.7 Å². The van der Waals surface area contributed by atoms with Gasteiger partial charge in [-0.1, -0.05) is 0 Å². The summed E-state index contributed by atoms with van der Waals surface area (Å²) in [4.78, 5) is 16.6. The number of carbonyl (C=O) groups excluding carboxylic acids is 1. The molecule has 3 aromatic rings. The molecule has 0 atom stereocenters. The summed E-state index contributed by atoms with van der Waals surface area (Å²) in [5, 5.41) is 13.8. The number of aromatic nitrogens is 4. The second-order valence-corrected chi connectivity index (χ2v) is 6.75. The summed E-state index contributed by atoms with van der Waals surface area (Å²) < 4.78 is 14.4. The number of esters is 1. The minimum absolute atomic E-state index is 0.0943. The average molecular weight is 377 g/mol. The smallest absolute Gasteiger partial charge is 0.337 e. The molecule has 0 radical (unpaired) electrons. The quantitative estimate of drug-likeness (QED) is 0.651. The number of nitriles is 1. The van der Waals surface area contributed by atoms with Gasteiger partial charge in [-0.15, -0.1) is 0 Å². The predicted octanol–water partition coefficient (Wildman–Crippen LogP) is 3.05. The number of hydrogen-bond acceptors (Lipinski definition) is 6. The van der Waals surface area contributed by atoms with Gasteiger partial charge in [-0.05, 0) is 32.0 Å². The van der Waals surface area contributed by atoms with E-state index in [1.807, 2.05) is 24.6 Å². The highest BCUT2D eigenvalue weighted by Gasteiger charge is 2.24. The van der Waals surface area contributed by atoms with Crippen LogP contribution in [0.4, 0.5) is 0 Å². The predicted molar refractivity (Wildman–Crippen MR) is 101 cm³/mol. The molecule has 3 heterocycles. The molecule has 0 spiro atoms. The fourth-order valence-corrected chi connectivity index (χ4v) is 3.33.